The molecule has 178 valence electrons. The fraction of sp³-hybridized carbons (Fsp3) is 0.538. The van der Waals surface area contributed by atoms with Gasteiger partial charge in [0.25, 0.3) is 0 Å². The highest BCUT2D eigenvalue weighted by Crippen LogP contribution is 2.57. The summed E-state index contributed by atoms with van der Waals surface area (Å²) in [5.74, 6) is 1.57. The Bertz CT molecular complexity index is 1060. The first-order chi connectivity index (χ1) is 15.5. The van der Waals surface area contributed by atoms with Gasteiger partial charge in [0.05, 0.1) is 44.3 Å². The zero-order chi connectivity index (χ0) is 23.6. The summed E-state index contributed by atoms with van der Waals surface area (Å²) >= 11 is 0. The van der Waals surface area contributed by atoms with E-state index in [0.29, 0.717) is 12.8 Å². The number of aryl methyl sites for hydroxylation is 1. The average Bonchev–Trinajstić information content (AvgIpc) is 3.01. The number of rotatable bonds is 3. The van der Waals surface area contributed by atoms with E-state index in [1.54, 1.807) is 13.2 Å². The lowest BCUT2D eigenvalue weighted by atomic mass is 9.68. The van der Waals surface area contributed by atoms with Gasteiger partial charge in [0, 0.05) is 29.9 Å². The zero-order valence-corrected chi connectivity index (χ0v) is 19.3. The number of allylic oxidation sites excluding steroid dienone is 3. The predicted octanol–water partition coefficient (Wildman–Crippen LogP) is 4.74. The van der Waals surface area contributed by atoms with Gasteiger partial charge < -0.3 is 19.1 Å². The molecule has 0 saturated heterocycles. The summed E-state index contributed by atoms with van der Waals surface area (Å²) in [5.41, 5.74) is 2.69. The molecule has 7 heteroatoms. The van der Waals surface area contributed by atoms with Crippen LogP contribution in [0.4, 0.5) is 13.2 Å². The number of aliphatic hydroxyl groups is 1. The summed E-state index contributed by atoms with van der Waals surface area (Å²) in [4.78, 5) is 0. The van der Waals surface area contributed by atoms with E-state index >= 15 is 0 Å². The monoisotopic (exact) mass is 462 g/mol. The summed E-state index contributed by atoms with van der Waals surface area (Å²) in [6.45, 7) is 4.52. The molecule has 0 bridgehead atoms. The third kappa shape index (κ3) is 3.69. The number of hydrogen-bond acceptors (Lipinski definition) is 3. The van der Waals surface area contributed by atoms with Crippen LogP contribution in [0.25, 0.3) is 0 Å². The molecule has 1 N–H and O–H groups in total. The van der Waals surface area contributed by atoms with Crippen molar-refractivity contribution in [3.8, 4) is 11.5 Å². The Morgan fingerprint density at radius 3 is 2.76 bits per heavy atom. The molecule has 2 aliphatic heterocycles. The van der Waals surface area contributed by atoms with Gasteiger partial charge in [0.15, 0.2) is 11.5 Å². The lowest BCUT2D eigenvalue weighted by Crippen LogP contribution is -2.49. The predicted molar refractivity (Wildman–Crippen MR) is 119 cm³/mol. The van der Waals surface area contributed by atoms with Crippen LogP contribution in [0.15, 0.2) is 42.0 Å². The fourth-order valence-electron chi connectivity index (χ4n) is 6.23. The second-order valence-corrected chi connectivity index (χ2v) is 10.3. The Kier molecular flexibility index (Phi) is 5.21. The molecule has 0 radical (unpaired) electrons. The van der Waals surface area contributed by atoms with Gasteiger partial charge in [0.1, 0.15) is 12.6 Å². The molecule has 0 amide bonds. The standard InChI is InChI=1S/C26H31F3NO3/c1-16-12-21(32-3)24-23-20(16)15-30(2,14-17-4-6-18(7-5-17)26(27,28)29)11-10-25(23)9-8-19(31)13-22(25)33-24/h4,6-9,12,17,19,22,31H,5,10-11,13-15H2,1-3H3/q+1/t17?,19-,22?,25?,30?/m1/s1. The molecule has 4 aliphatic rings. The molecule has 2 heterocycles. The minimum Gasteiger partial charge on any atom is -0.493 e. The van der Waals surface area contributed by atoms with E-state index in [-0.39, 0.29) is 17.4 Å². The fourth-order valence-corrected chi connectivity index (χ4v) is 6.23. The van der Waals surface area contributed by atoms with Crippen LogP contribution in [-0.4, -0.2) is 55.2 Å². The first-order valence-corrected chi connectivity index (χ1v) is 11.6. The number of aliphatic hydroxyl groups excluding tert-OH is 1. The second kappa shape index (κ2) is 7.64. The van der Waals surface area contributed by atoms with E-state index < -0.39 is 17.9 Å². The van der Waals surface area contributed by atoms with Gasteiger partial charge in [0.2, 0.25) is 0 Å². The molecule has 0 aromatic heterocycles. The topological polar surface area (TPSA) is 38.7 Å². The summed E-state index contributed by atoms with van der Waals surface area (Å²) in [5, 5.41) is 10.3. The van der Waals surface area contributed by atoms with Crippen LogP contribution in [0, 0.1) is 12.8 Å². The summed E-state index contributed by atoms with van der Waals surface area (Å²) in [6.07, 6.45) is 5.14. The maximum absolute atomic E-state index is 13.0. The number of alkyl halides is 3. The van der Waals surface area contributed by atoms with Crippen molar-refractivity contribution in [2.45, 2.75) is 56.5 Å². The molecular weight excluding hydrogens is 431 g/mol. The van der Waals surface area contributed by atoms with E-state index in [1.807, 2.05) is 12.1 Å². The van der Waals surface area contributed by atoms with Crippen LogP contribution in [0.2, 0.25) is 0 Å². The number of ether oxygens (including phenoxy) is 2. The van der Waals surface area contributed by atoms with Gasteiger partial charge in [-0.15, -0.1) is 0 Å². The van der Waals surface area contributed by atoms with Crippen molar-refractivity contribution in [3.05, 3.63) is 58.7 Å². The minimum atomic E-state index is -4.29. The average molecular weight is 463 g/mol. The molecular formula is C26H31F3NO3+. The van der Waals surface area contributed by atoms with Crippen molar-refractivity contribution in [3.63, 3.8) is 0 Å². The lowest BCUT2D eigenvalue weighted by molar-refractivity contribution is -0.924. The smallest absolute Gasteiger partial charge is 0.416 e. The van der Waals surface area contributed by atoms with Crippen molar-refractivity contribution in [2.75, 3.05) is 27.2 Å². The molecule has 4 unspecified atom stereocenters. The molecule has 5 atom stereocenters. The van der Waals surface area contributed by atoms with Crippen molar-refractivity contribution >= 4 is 0 Å². The number of benzene rings is 1. The SMILES string of the molecule is COc1cc(C)c2c3c1OC1C[C@H](O)C=CC31CC[N+](C)(CC1C=CC(C(F)(F)F)=CC1)C2. The molecule has 1 aromatic rings. The Hall–Kier alpha value is -2.25. The van der Waals surface area contributed by atoms with Crippen LogP contribution in [0.5, 0.6) is 11.5 Å². The van der Waals surface area contributed by atoms with Crippen LogP contribution < -0.4 is 9.47 Å². The van der Waals surface area contributed by atoms with Gasteiger partial charge in [-0.3, -0.25) is 0 Å². The molecule has 33 heavy (non-hydrogen) atoms. The molecule has 1 aromatic carbocycles. The first kappa shape index (κ1) is 22.5. The third-order valence-corrected chi connectivity index (χ3v) is 7.96. The molecule has 5 rings (SSSR count). The molecule has 1 spiro atoms. The van der Waals surface area contributed by atoms with Crippen molar-refractivity contribution in [1.82, 2.24) is 0 Å². The summed E-state index contributed by atoms with van der Waals surface area (Å²) in [6, 6.07) is 2.02. The number of quaternary nitrogens is 1. The van der Waals surface area contributed by atoms with Gasteiger partial charge in [-0.1, -0.05) is 30.4 Å². The van der Waals surface area contributed by atoms with Crippen molar-refractivity contribution < 1.29 is 32.2 Å². The Labute approximate surface area is 192 Å². The largest absolute Gasteiger partial charge is 0.493 e. The number of hydrogen-bond donors (Lipinski definition) is 1. The molecule has 0 saturated carbocycles. The zero-order valence-electron chi connectivity index (χ0n) is 19.3. The van der Waals surface area contributed by atoms with E-state index in [9.17, 15) is 18.3 Å². The van der Waals surface area contributed by atoms with Gasteiger partial charge in [-0.25, -0.2) is 0 Å². The molecule has 2 aliphatic carbocycles. The van der Waals surface area contributed by atoms with Crippen LogP contribution in [-0.2, 0) is 12.0 Å². The maximum atomic E-state index is 13.0. The third-order valence-electron chi connectivity index (χ3n) is 7.96. The summed E-state index contributed by atoms with van der Waals surface area (Å²) < 4.78 is 51.9. The Balaban J connectivity index is 1.50. The Morgan fingerprint density at radius 2 is 2.09 bits per heavy atom. The van der Waals surface area contributed by atoms with Gasteiger partial charge in [-0.05, 0) is 25.0 Å². The second-order valence-electron chi connectivity index (χ2n) is 10.3. The normalized spacial score (nSPS) is 34.8. The quantitative estimate of drug-likeness (QED) is 0.521. The lowest BCUT2D eigenvalue weighted by Gasteiger charge is -2.39. The van der Waals surface area contributed by atoms with Crippen LogP contribution >= 0.6 is 0 Å². The highest BCUT2D eigenvalue weighted by Gasteiger charge is 2.55. The van der Waals surface area contributed by atoms with E-state index in [1.165, 1.54) is 23.3 Å². The maximum Gasteiger partial charge on any atom is 0.416 e. The highest BCUT2D eigenvalue weighted by molar-refractivity contribution is 5.63. The number of nitrogens with zero attached hydrogens (tertiary/aromatic N) is 1. The highest BCUT2D eigenvalue weighted by atomic mass is 19.4. The summed E-state index contributed by atoms with van der Waals surface area (Å²) in [7, 11) is 3.86. The van der Waals surface area contributed by atoms with E-state index in [2.05, 4.69) is 20.0 Å². The minimum absolute atomic E-state index is 0.0651. The first-order valence-electron chi connectivity index (χ1n) is 11.6. The molecule has 4 nitrogen and oxygen atoms in total. The van der Waals surface area contributed by atoms with Gasteiger partial charge >= 0.3 is 6.18 Å². The number of methoxy groups -OCH3 is 1. The van der Waals surface area contributed by atoms with E-state index in [0.717, 1.165) is 47.6 Å². The Morgan fingerprint density at radius 1 is 1.30 bits per heavy atom. The van der Waals surface area contributed by atoms with E-state index in [4.69, 9.17) is 9.47 Å². The van der Waals surface area contributed by atoms with Crippen LogP contribution in [0.3, 0.4) is 0 Å². The van der Waals surface area contributed by atoms with Crippen molar-refractivity contribution in [2.24, 2.45) is 5.92 Å². The van der Waals surface area contributed by atoms with Crippen molar-refractivity contribution in [1.29, 1.82) is 0 Å². The van der Waals surface area contributed by atoms with Gasteiger partial charge in [-0.2, -0.15) is 13.2 Å². The number of halogens is 3. The molecule has 0 fully saturated rings. The van der Waals surface area contributed by atoms with Crippen LogP contribution in [0.1, 0.15) is 36.0 Å².